The Morgan fingerprint density at radius 3 is 1.76 bits per heavy atom. The summed E-state index contributed by atoms with van der Waals surface area (Å²) in [6.45, 7) is 0.305. The largest absolute Gasteiger partial charge is 0.481 e. The van der Waals surface area contributed by atoms with E-state index in [4.69, 9.17) is 10.2 Å². The van der Waals surface area contributed by atoms with Crippen LogP contribution in [0.5, 0.6) is 0 Å². The highest BCUT2D eigenvalue weighted by Crippen LogP contribution is 2.02. The van der Waals surface area contributed by atoms with Crippen LogP contribution in [0, 0.1) is 0 Å². The molecule has 0 heterocycles. The molecule has 0 saturated carbocycles. The van der Waals surface area contributed by atoms with Crippen molar-refractivity contribution < 1.29 is 15.0 Å². The van der Waals surface area contributed by atoms with Crippen LogP contribution in [0.2, 0.25) is 0 Å². The highest BCUT2D eigenvalue weighted by Gasteiger charge is 1.93. The van der Waals surface area contributed by atoms with Crippen LogP contribution >= 0.6 is 0 Å². The molecule has 0 spiro atoms. The standard InChI is InChI=1S/C18H30O3/c19-17-15-13-11-9-7-5-3-1-2-4-6-8-10-12-14-16-18(20)21/h1-2,5-8,19H,3-4,9-17H2,(H,20,21). The van der Waals surface area contributed by atoms with E-state index < -0.39 is 5.97 Å². The summed E-state index contributed by atoms with van der Waals surface area (Å²) in [4.78, 5) is 10.3. The summed E-state index contributed by atoms with van der Waals surface area (Å²) in [7, 11) is 0. The molecule has 0 aromatic rings. The Labute approximate surface area is 129 Å². The molecule has 3 heteroatoms. The van der Waals surface area contributed by atoms with Gasteiger partial charge in [-0.25, -0.2) is 0 Å². The first kappa shape index (κ1) is 19.7. The molecule has 0 unspecified atom stereocenters. The van der Waals surface area contributed by atoms with E-state index in [9.17, 15) is 4.79 Å². The molecule has 0 fully saturated rings. The molecular weight excluding hydrogens is 264 g/mol. The van der Waals surface area contributed by atoms with E-state index in [0.29, 0.717) is 6.61 Å². The summed E-state index contributed by atoms with van der Waals surface area (Å²) in [6, 6.07) is 0. The number of aliphatic hydroxyl groups excluding tert-OH is 1. The maximum atomic E-state index is 10.3. The van der Waals surface area contributed by atoms with Crippen LogP contribution in [0.3, 0.4) is 0 Å². The van der Waals surface area contributed by atoms with Gasteiger partial charge in [0.05, 0.1) is 0 Å². The van der Waals surface area contributed by atoms with Crippen LogP contribution in [0.1, 0.15) is 64.2 Å². The molecule has 0 atom stereocenters. The third-order valence-corrected chi connectivity index (χ3v) is 3.08. The first-order valence-corrected chi connectivity index (χ1v) is 8.05. The smallest absolute Gasteiger partial charge is 0.303 e. The van der Waals surface area contributed by atoms with Gasteiger partial charge in [0.1, 0.15) is 0 Å². The van der Waals surface area contributed by atoms with Crippen molar-refractivity contribution in [3.8, 4) is 0 Å². The van der Waals surface area contributed by atoms with Crippen molar-refractivity contribution >= 4 is 5.97 Å². The van der Waals surface area contributed by atoms with Gasteiger partial charge in [-0.2, -0.15) is 0 Å². The summed E-state index contributed by atoms with van der Waals surface area (Å²) in [5, 5.41) is 17.1. The van der Waals surface area contributed by atoms with Gasteiger partial charge < -0.3 is 10.2 Å². The Morgan fingerprint density at radius 1 is 0.714 bits per heavy atom. The van der Waals surface area contributed by atoms with E-state index in [0.717, 1.165) is 57.8 Å². The van der Waals surface area contributed by atoms with Crippen LogP contribution in [0.4, 0.5) is 0 Å². The van der Waals surface area contributed by atoms with E-state index >= 15 is 0 Å². The number of hydrogen-bond donors (Lipinski definition) is 2. The van der Waals surface area contributed by atoms with Crippen LogP contribution in [-0.2, 0) is 4.79 Å². The molecule has 0 aliphatic carbocycles. The highest BCUT2D eigenvalue weighted by molar-refractivity contribution is 5.66. The summed E-state index contributed by atoms with van der Waals surface area (Å²) in [6.07, 6.45) is 22.1. The number of aliphatic hydroxyl groups is 1. The zero-order valence-corrected chi connectivity index (χ0v) is 13.0. The predicted molar refractivity (Wildman–Crippen MR) is 88.3 cm³/mol. The van der Waals surface area contributed by atoms with Crippen molar-refractivity contribution in [2.75, 3.05) is 6.61 Å². The monoisotopic (exact) mass is 294 g/mol. The van der Waals surface area contributed by atoms with Gasteiger partial charge in [0.15, 0.2) is 0 Å². The van der Waals surface area contributed by atoms with Crippen LogP contribution in [-0.4, -0.2) is 22.8 Å². The zero-order valence-electron chi connectivity index (χ0n) is 13.0. The fraction of sp³-hybridized carbons (Fsp3) is 0.611. The summed E-state index contributed by atoms with van der Waals surface area (Å²) >= 11 is 0. The second-order valence-corrected chi connectivity index (χ2v) is 5.10. The summed E-state index contributed by atoms with van der Waals surface area (Å²) in [5.74, 6) is -0.705. The fourth-order valence-electron chi connectivity index (χ4n) is 1.87. The van der Waals surface area contributed by atoms with Crippen molar-refractivity contribution in [3.05, 3.63) is 36.5 Å². The van der Waals surface area contributed by atoms with Gasteiger partial charge in [0.25, 0.3) is 0 Å². The van der Waals surface area contributed by atoms with Crippen molar-refractivity contribution in [2.45, 2.75) is 64.2 Å². The van der Waals surface area contributed by atoms with Crippen molar-refractivity contribution in [1.29, 1.82) is 0 Å². The molecule has 2 N–H and O–H groups in total. The van der Waals surface area contributed by atoms with Gasteiger partial charge >= 0.3 is 5.97 Å². The number of hydrogen-bond acceptors (Lipinski definition) is 2. The molecule has 0 aliphatic rings. The molecule has 0 aromatic carbocycles. The lowest BCUT2D eigenvalue weighted by molar-refractivity contribution is -0.137. The van der Waals surface area contributed by atoms with Crippen molar-refractivity contribution in [3.63, 3.8) is 0 Å². The lowest BCUT2D eigenvalue weighted by Gasteiger charge is -1.93. The minimum absolute atomic E-state index is 0.278. The van der Waals surface area contributed by atoms with E-state index in [-0.39, 0.29) is 6.42 Å². The topological polar surface area (TPSA) is 57.5 Å². The zero-order chi connectivity index (χ0) is 15.6. The molecule has 0 amide bonds. The third kappa shape index (κ3) is 18.6. The molecule has 0 rings (SSSR count). The Hall–Kier alpha value is -1.35. The average molecular weight is 294 g/mol. The van der Waals surface area contributed by atoms with Gasteiger partial charge in [-0.15, -0.1) is 0 Å². The van der Waals surface area contributed by atoms with Crippen LogP contribution in [0.25, 0.3) is 0 Å². The number of carboxylic acid groups (broad SMARTS) is 1. The number of aliphatic carboxylic acids is 1. The normalized spacial score (nSPS) is 12.0. The van der Waals surface area contributed by atoms with Gasteiger partial charge in [-0.1, -0.05) is 42.9 Å². The summed E-state index contributed by atoms with van der Waals surface area (Å²) in [5.41, 5.74) is 0. The SMILES string of the molecule is O=C(O)CCCCC=CCC=CCC=CCCCCCO. The molecular formula is C18H30O3. The number of unbranched alkanes of at least 4 members (excludes halogenated alkanes) is 5. The van der Waals surface area contributed by atoms with E-state index in [2.05, 4.69) is 36.5 Å². The number of carboxylic acids is 1. The van der Waals surface area contributed by atoms with E-state index in [1.165, 1.54) is 0 Å². The molecule has 0 bridgehead atoms. The van der Waals surface area contributed by atoms with Crippen molar-refractivity contribution in [2.24, 2.45) is 0 Å². The lowest BCUT2D eigenvalue weighted by Crippen LogP contribution is -1.92. The number of carbonyl (C=O) groups is 1. The number of allylic oxidation sites excluding steroid dienone is 6. The molecule has 21 heavy (non-hydrogen) atoms. The van der Waals surface area contributed by atoms with Crippen LogP contribution < -0.4 is 0 Å². The van der Waals surface area contributed by atoms with Gasteiger partial charge in [0.2, 0.25) is 0 Å². The Balaban J connectivity index is 3.31. The highest BCUT2D eigenvalue weighted by atomic mass is 16.4. The molecule has 0 saturated heterocycles. The lowest BCUT2D eigenvalue weighted by atomic mass is 10.1. The molecule has 0 aliphatic heterocycles. The van der Waals surface area contributed by atoms with Gasteiger partial charge in [0, 0.05) is 13.0 Å². The summed E-state index contributed by atoms with van der Waals surface area (Å²) < 4.78 is 0. The minimum atomic E-state index is -0.705. The maximum absolute atomic E-state index is 10.3. The maximum Gasteiger partial charge on any atom is 0.303 e. The van der Waals surface area contributed by atoms with Crippen LogP contribution in [0.15, 0.2) is 36.5 Å². The van der Waals surface area contributed by atoms with Crippen molar-refractivity contribution in [1.82, 2.24) is 0 Å². The second-order valence-electron chi connectivity index (χ2n) is 5.10. The third-order valence-electron chi connectivity index (χ3n) is 3.08. The Morgan fingerprint density at radius 2 is 1.24 bits per heavy atom. The Bertz CT molecular complexity index is 316. The molecule has 3 nitrogen and oxygen atoms in total. The quantitative estimate of drug-likeness (QED) is 0.362. The first-order valence-electron chi connectivity index (χ1n) is 8.05. The Kier molecular flexibility index (Phi) is 15.6. The second kappa shape index (κ2) is 16.7. The predicted octanol–water partition coefficient (Wildman–Crippen LogP) is 4.63. The molecule has 120 valence electrons. The van der Waals surface area contributed by atoms with E-state index in [1.807, 2.05) is 0 Å². The van der Waals surface area contributed by atoms with Gasteiger partial charge in [-0.3, -0.25) is 4.79 Å². The van der Waals surface area contributed by atoms with Gasteiger partial charge in [-0.05, 0) is 51.4 Å². The molecule has 0 radical (unpaired) electrons. The molecule has 0 aromatic heterocycles. The fourth-order valence-corrected chi connectivity index (χ4v) is 1.87. The first-order chi connectivity index (χ1) is 10.3. The number of rotatable bonds is 14. The average Bonchev–Trinajstić information content (AvgIpc) is 2.46. The minimum Gasteiger partial charge on any atom is -0.481 e. The van der Waals surface area contributed by atoms with E-state index in [1.54, 1.807) is 0 Å².